The molecule has 9 heteroatoms. The first-order chi connectivity index (χ1) is 15.7. The second-order valence-electron chi connectivity index (χ2n) is 8.22. The zero-order valence-corrected chi connectivity index (χ0v) is 18.3. The van der Waals surface area contributed by atoms with Crippen molar-refractivity contribution in [2.75, 3.05) is 58.0 Å². The highest BCUT2D eigenvalue weighted by Gasteiger charge is 2.19. The van der Waals surface area contributed by atoms with E-state index in [1.54, 1.807) is 12.4 Å². The maximum Gasteiger partial charge on any atom is 0.231 e. The van der Waals surface area contributed by atoms with Crippen molar-refractivity contribution in [3.05, 3.63) is 48.5 Å². The molecule has 3 aromatic rings. The highest BCUT2D eigenvalue weighted by molar-refractivity contribution is 5.64. The van der Waals surface area contributed by atoms with Gasteiger partial charge in [0, 0.05) is 50.2 Å². The Balaban J connectivity index is 1.05. The minimum atomic E-state index is 0.269. The Bertz CT molecular complexity index is 1020. The number of ether oxygens (including phenoxy) is 2. The van der Waals surface area contributed by atoms with Gasteiger partial charge in [-0.1, -0.05) is 5.16 Å². The van der Waals surface area contributed by atoms with Crippen LogP contribution in [-0.2, 0) is 6.54 Å². The summed E-state index contributed by atoms with van der Waals surface area (Å²) in [4.78, 5) is 15.7. The van der Waals surface area contributed by atoms with E-state index in [1.165, 1.54) is 0 Å². The van der Waals surface area contributed by atoms with Crippen molar-refractivity contribution in [1.29, 1.82) is 0 Å². The largest absolute Gasteiger partial charge is 0.454 e. The number of nitrogens with zero attached hydrogens (tertiary/aromatic N) is 6. The average molecular weight is 437 g/mol. The first-order valence-electron chi connectivity index (χ1n) is 11.0. The van der Waals surface area contributed by atoms with Gasteiger partial charge in [0.15, 0.2) is 17.3 Å². The molecule has 0 bridgehead atoms. The van der Waals surface area contributed by atoms with Crippen LogP contribution in [0.15, 0.2) is 47.2 Å². The third-order valence-corrected chi connectivity index (χ3v) is 5.87. The van der Waals surface area contributed by atoms with Gasteiger partial charge in [0.1, 0.15) is 5.69 Å². The van der Waals surface area contributed by atoms with Gasteiger partial charge in [0.05, 0.1) is 6.54 Å². The van der Waals surface area contributed by atoms with E-state index in [-0.39, 0.29) is 6.79 Å². The lowest BCUT2D eigenvalue weighted by atomic mass is 10.1. The Morgan fingerprint density at radius 3 is 2.66 bits per heavy atom. The summed E-state index contributed by atoms with van der Waals surface area (Å²) in [7, 11) is 2.12. The van der Waals surface area contributed by atoms with Crippen molar-refractivity contribution in [3.63, 3.8) is 0 Å². The van der Waals surface area contributed by atoms with Crippen molar-refractivity contribution in [3.8, 4) is 22.8 Å². The van der Waals surface area contributed by atoms with Gasteiger partial charge in [-0.3, -0.25) is 9.80 Å². The summed E-state index contributed by atoms with van der Waals surface area (Å²) >= 11 is 0. The van der Waals surface area contributed by atoms with Crippen molar-refractivity contribution >= 4 is 5.95 Å². The number of rotatable bonds is 8. The summed E-state index contributed by atoms with van der Waals surface area (Å²) < 4.78 is 16.4. The maximum absolute atomic E-state index is 5.57. The molecular weight excluding hydrogens is 408 g/mol. The summed E-state index contributed by atoms with van der Waals surface area (Å²) in [5, 5.41) is 4.23. The molecule has 0 N–H and O–H groups in total. The molecule has 0 unspecified atom stereocenters. The van der Waals surface area contributed by atoms with Gasteiger partial charge in [-0.25, -0.2) is 9.97 Å². The van der Waals surface area contributed by atoms with Crippen molar-refractivity contribution in [2.45, 2.75) is 13.0 Å². The molecule has 168 valence electrons. The zero-order chi connectivity index (χ0) is 21.8. The van der Waals surface area contributed by atoms with Crippen LogP contribution in [0, 0.1) is 0 Å². The van der Waals surface area contributed by atoms with E-state index >= 15 is 0 Å². The molecule has 5 rings (SSSR count). The molecule has 0 spiro atoms. The Morgan fingerprint density at radius 2 is 1.81 bits per heavy atom. The van der Waals surface area contributed by atoms with E-state index in [1.807, 2.05) is 30.3 Å². The summed E-state index contributed by atoms with van der Waals surface area (Å²) in [5.41, 5.74) is 1.78. The molecule has 0 aliphatic carbocycles. The topological polar surface area (TPSA) is 80.0 Å². The smallest absolute Gasteiger partial charge is 0.231 e. The number of piperazine rings is 1. The molecule has 2 aliphatic heterocycles. The fourth-order valence-electron chi connectivity index (χ4n) is 4.11. The molecule has 1 fully saturated rings. The normalized spacial score (nSPS) is 16.1. The third-order valence-electron chi connectivity index (χ3n) is 5.87. The zero-order valence-electron chi connectivity index (χ0n) is 18.3. The van der Waals surface area contributed by atoms with Crippen molar-refractivity contribution in [1.82, 2.24) is 24.9 Å². The quantitative estimate of drug-likeness (QED) is 0.529. The first kappa shape index (κ1) is 20.7. The lowest BCUT2D eigenvalue weighted by molar-refractivity contribution is 0.174. The van der Waals surface area contributed by atoms with Gasteiger partial charge in [-0.2, -0.15) is 0 Å². The predicted molar refractivity (Wildman–Crippen MR) is 120 cm³/mol. The van der Waals surface area contributed by atoms with Crippen LogP contribution in [0.3, 0.4) is 0 Å². The Labute approximate surface area is 187 Å². The number of benzene rings is 1. The molecular formula is C23H28N6O3. The van der Waals surface area contributed by atoms with E-state index in [9.17, 15) is 0 Å². The fraction of sp³-hybridized carbons (Fsp3) is 0.435. The molecule has 9 nitrogen and oxygen atoms in total. The number of anilines is 1. The average Bonchev–Trinajstić information content (AvgIpc) is 3.49. The number of hydrogen-bond acceptors (Lipinski definition) is 9. The number of fused-ring (bicyclic) bond motifs is 1. The highest BCUT2D eigenvalue weighted by Crippen LogP contribution is 2.35. The van der Waals surface area contributed by atoms with Crippen LogP contribution in [0.5, 0.6) is 11.5 Å². The lowest BCUT2D eigenvalue weighted by Crippen LogP contribution is -2.47. The highest BCUT2D eigenvalue weighted by atomic mass is 16.7. The molecule has 0 saturated carbocycles. The van der Waals surface area contributed by atoms with Gasteiger partial charge in [-0.05, 0) is 50.8 Å². The predicted octanol–water partition coefficient (Wildman–Crippen LogP) is 2.50. The van der Waals surface area contributed by atoms with Gasteiger partial charge >= 0.3 is 0 Å². The minimum absolute atomic E-state index is 0.269. The van der Waals surface area contributed by atoms with Gasteiger partial charge in [-0.15, -0.1) is 0 Å². The van der Waals surface area contributed by atoms with Gasteiger partial charge in [0.25, 0.3) is 0 Å². The fourth-order valence-corrected chi connectivity index (χ4v) is 4.11. The molecule has 2 aliphatic rings. The van der Waals surface area contributed by atoms with E-state index < -0.39 is 0 Å². The van der Waals surface area contributed by atoms with Crippen LogP contribution in [0.1, 0.15) is 12.2 Å². The minimum Gasteiger partial charge on any atom is -0.454 e. The van der Waals surface area contributed by atoms with Crippen LogP contribution < -0.4 is 14.4 Å². The van der Waals surface area contributed by atoms with Crippen LogP contribution >= 0.6 is 0 Å². The Hall–Kier alpha value is -3.17. The number of aromatic nitrogens is 3. The lowest BCUT2D eigenvalue weighted by Gasteiger charge is -2.34. The molecule has 0 atom stereocenters. The van der Waals surface area contributed by atoms with Gasteiger partial charge in [0.2, 0.25) is 12.7 Å². The number of hydrogen-bond donors (Lipinski definition) is 0. The van der Waals surface area contributed by atoms with Crippen LogP contribution in [0.4, 0.5) is 5.95 Å². The first-order valence-corrected chi connectivity index (χ1v) is 11.0. The molecule has 32 heavy (non-hydrogen) atoms. The Morgan fingerprint density at radius 1 is 1.00 bits per heavy atom. The summed E-state index contributed by atoms with van der Waals surface area (Å²) in [6, 6.07) is 9.68. The summed E-state index contributed by atoms with van der Waals surface area (Å²) in [6.45, 7) is 7.13. The standard InChI is InChI=1S/C23H28N6O3/c1-27(8-3-9-28-10-12-29(13-11-28)23-24-6-2-7-25-23)16-19-15-20(26-32-19)18-4-5-21-22(14-18)31-17-30-21/h2,4-7,14-15H,3,8-13,16-17H2,1H3. The van der Waals surface area contributed by atoms with E-state index in [2.05, 4.69) is 36.9 Å². The maximum atomic E-state index is 5.57. The summed E-state index contributed by atoms with van der Waals surface area (Å²) in [5.74, 6) is 3.21. The van der Waals surface area contributed by atoms with Crippen molar-refractivity contribution < 1.29 is 14.0 Å². The molecule has 0 amide bonds. The summed E-state index contributed by atoms with van der Waals surface area (Å²) in [6.07, 6.45) is 4.72. The molecule has 1 aromatic carbocycles. The Kier molecular flexibility index (Phi) is 6.17. The molecule has 4 heterocycles. The van der Waals surface area contributed by atoms with E-state index in [0.29, 0.717) is 0 Å². The molecule has 2 aromatic heterocycles. The van der Waals surface area contributed by atoms with Crippen LogP contribution in [0.25, 0.3) is 11.3 Å². The van der Waals surface area contributed by atoms with Crippen LogP contribution in [0.2, 0.25) is 0 Å². The SMILES string of the molecule is CN(CCCN1CCN(c2ncccn2)CC1)Cc1cc(-c2ccc3c(c2)OCO3)no1. The molecule has 1 saturated heterocycles. The van der Waals surface area contributed by atoms with Crippen molar-refractivity contribution in [2.24, 2.45) is 0 Å². The van der Waals surface area contributed by atoms with Gasteiger partial charge < -0.3 is 18.9 Å². The van der Waals surface area contributed by atoms with E-state index in [0.717, 1.165) is 86.7 Å². The van der Waals surface area contributed by atoms with Crippen LogP contribution in [-0.4, -0.2) is 78.0 Å². The second-order valence-corrected chi connectivity index (χ2v) is 8.22. The second kappa shape index (κ2) is 9.54. The van der Waals surface area contributed by atoms with E-state index in [4.69, 9.17) is 14.0 Å². The molecule has 0 radical (unpaired) electrons. The monoisotopic (exact) mass is 436 g/mol. The third kappa shape index (κ3) is 4.84.